The SMILES string of the molecule is COc1ccc2c(c1)[C@@](O)([C@H](C)/C=C/CCO)C(=O)N2Cc1cccc(N(C=O)c2ccccc2)c1. The third-order valence-electron chi connectivity index (χ3n) is 6.53. The Hall–Kier alpha value is -3.94. The number of hydrogen-bond acceptors (Lipinski definition) is 5. The molecule has 0 unspecified atom stereocenters. The number of ether oxygens (including phenoxy) is 1. The summed E-state index contributed by atoms with van der Waals surface area (Å²) >= 11 is 0. The number of aliphatic hydroxyl groups is 2. The molecule has 0 fully saturated rings. The predicted octanol–water partition coefficient (Wildman–Crippen LogP) is 4.30. The summed E-state index contributed by atoms with van der Waals surface area (Å²) in [6.45, 7) is 1.98. The monoisotopic (exact) mass is 486 g/mol. The van der Waals surface area contributed by atoms with Gasteiger partial charge < -0.3 is 19.8 Å². The van der Waals surface area contributed by atoms with E-state index in [1.807, 2.05) is 54.6 Å². The maximum Gasteiger partial charge on any atom is 0.264 e. The number of nitrogens with zero attached hydrogens (tertiary/aromatic N) is 2. The van der Waals surface area contributed by atoms with Crippen molar-refractivity contribution in [2.24, 2.45) is 5.92 Å². The Kier molecular flexibility index (Phi) is 7.52. The molecule has 0 aromatic heterocycles. The summed E-state index contributed by atoms with van der Waals surface area (Å²) in [5.74, 6) is -0.435. The lowest BCUT2D eigenvalue weighted by atomic mass is 9.83. The summed E-state index contributed by atoms with van der Waals surface area (Å²) < 4.78 is 5.37. The number of rotatable bonds is 10. The quantitative estimate of drug-likeness (QED) is 0.329. The summed E-state index contributed by atoms with van der Waals surface area (Å²) in [7, 11) is 1.54. The van der Waals surface area contributed by atoms with Gasteiger partial charge in [0.25, 0.3) is 5.91 Å². The second-order valence-electron chi connectivity index (χ2n) is 8.75. The van der Waals surface area contributed by atoms with Gasteiger partial charge in [-0.1, -0.05) is 49.4 Å². The first-order valence-electron chi connectivity index (χ1n) is 11.8. The van der Waals surface area contributed by atoms with Crippen LogP contribution in [0.25, 0.3) is 0 Å². The van der Waals surface area contributed by atoms with Crippen LogP contribution in [0.15, 0.2) is 84.9 Å². The second kappa shape index (κ2) is 10.8. The van der Waals surface area contributed by atoms with E-state index < -0.39 is 17.4 Å². The molecule has 3 aromatic rings. The summed E-state index contributed by atoms with van der Waals surface area (Å²) in [6.07, 6.45) is 4.71. The highest BCUT2D eigenvalue weighted by atomic mass is 16.5. The average Bonchev–Trinajstić information content (AvgIpc) is 3.12. The summed E-state index contributed by atoms with van der Waals surface area (Å²) in [4.78, 5) is 28.8. The largest absolute Gasteiger partial charge is 0.497 e. The highest BCUT2D eigenvalue weighted by Crippen LogP contribution is 2.47. The van der Waals surface area contributed by atoms with Crippen LogP contribution in [0.2, 0.25) is 0 Å². The van der Waals surface area contributed by atoms with Crippen LogP contribution in [0.5, 0.6) is 5.75 Å². The zero-order valence-corrected chi connectivity index (χ0v) is 20.4. The standard InChI is InChI=1S/C29H30N2O5/c1-21(9-6-7-16-32)29(35)26-18-25(36-2)14-15-27(26)30(28(29)34)19-22-10-8-13-24(17-22)31(20-33)23-11-4-3-5-12-23/h3-6,8-15,17-18,20-21,32,35H,7,16,19H2,1-2H3/b9-6+/t21-,29+/m1/s1. The molecule has 186 valence electrons. The first-order valence-corrected chi connectivity index (χ1v) is 11.8. The van der Waals surface area contributed by atoms with Crippen LogP contribution in [-0.4, -0.2) is 36.2 Å². The van der Waals surface area contributed by atoms with Crippen molar-refractivity contribution in [3.8, 4) is 5.75 Å². The molecule has 2 atom stereocenters. The molecular formula is C29H30N2O5. The molecule has 36 heavy (non-hydrogen) atoms. The summed E-state index contributed by atoms with van der Waals surface area (Å²) in [5, 5.41) is 20.9. The number of amides is 2. The van der Waals surface area contributed by atoms with Gasteiger partial charge in [0, 0.05) is 29.5 Å². The number of carbonyl (C=O) groups excluding carboxylic acids is 2. The fourth-order valence-electron chi connectivity index (χ4n) is 4.57. The van der Waals surface area contributed by atoms with Crippen molar-refractivity contribution in [2.45, 2.75) is 25.5 Å². The molecular weight excluding hydrogens is 456 g/mol. The fourth-order valence-corrected chi connectivity index (χ4v) is 4.57. The summed E-state index contributed by atoms with van der Waals surface area (Å²) in [5.41, 5.74) is 1.50. The number of carbonyl (C=O) groups is 2. The minimum atomic E-state index is -1.79. The van der Waals surface area contributed by atoms with E-state index in [0.717, 1.165) is 17.7 Å². The highest BCUT2D eigenvalue weighted by Gasteiger charge is 2.52. The van der Waals surface area contributed by atoms with Crippen molar-refractivity contribution < 1.29 is 24.5 Å². The van der Waals surface area contributed by atoms with E-state index in [1.54, 1.807) is 47.1 Å². The van der Waals surface area contributed by atoms with Gasteiger partial charge in [0.2, 0.25) is 6.41 Å². The Morgan fingerprint density at radius 2 is 1.81 bits per heavy atom. The number of methoxy groups -OCH3 is 1. The van der Waals surface area contributed by atoms with Gasteiger partial charge in [0.15, 0.2) is 5.60 Å². The second-order valence-corrected chi connectivity index (χ2v) is 8.75. The first kappa shape index (κ1) is 25.2. The number of anilines is 3. The normalized spacial score (nSPS) is 17.8. The molecule has 0 saturated heterocycles. The Bertz CT molecular complexity index is 1260. The molecule has 2 amide bonds. The summed E-state index contributed by atoms with van der Waals surface area (Å²) in [6, 6.07) is 22.0. The van der Waals surface area contributed by atoms with Crippen molar-refractivity contribution in [1.29, 1.82) is 0 Å². The number of benzene rings is 3. The van der Waals surface area contributed by atoms with Gasteiger partial charge in [-0.05, 0) is 54.4 Å². The van der Waals surface area contributed by atoms with E-state index in [1.165, 1.54) is 7.11 Å². The van der Waals surface area contributed by atoms with E-state index in [9.17, 15) is 14.7 Å². The number of hydrogen-bond donors (Lipinski definition) is 2. The van der Waals surface area contributed by atoms with Crippen LogP contribution >= 0.6 is 0 Å². The third-order valence-corrected chi connectivity index (χ3v) is 6.53. The predicted molar refractivity (Wildman–Crippen MR) is 139 cm³/mol. The molecule has 0 radical (unpaired) electrons. The van der Waals surface area contributed by atoms with Crippen LogP contribution in [0.4, 0.5) is 17.1 Å². The first-order chi connectivity index (χ1) is 17.4. The lowest BCUT2D eigenvalue weighted by Gasteiger charge is -2.28. The maximum atomic E-state index is 13.7. The van der Waals surface area contributed by atoms with Crippen molar-refractivity contribution in [1.82, 2.24) is 0 Å². The third kappa shape index (κ3) is 4.63. The zero-order chi connectivity index (χ0) is 25.7. The van der Waals surface area contributed by atoms with Crippen LogP contribution in [0.1, 0.15) is 24.5 Å². The molecule has 1 heterocycles. The van der Waals surface area contributed by atoms with Gasteiger partial charge in [-0.3, -0.25) is 14.5 Å². The van der Waals surface area contributed by atoms with Crippen molar-refractivity contribution >= 4 is 29.4 Å². The Morgan fingerprint density at radius 1 is 1.06 bits per heavy atom. The van der Waals surface area contributed by atoms with Crippen molar-refractivity contribution in [2.75, 3.05) is 23.5 Å². The van der Waals surface area contributed by atoms with E-state index in [4.69, 9.17) is 9.84 Å². The van der Waals surface area contributed by atoms with Gasteiger partial charge in [0.1, 0.15) is 5.75 Å². The highest BCUT2D eigenvalue weighted by molar-refractivity contribution is 6.07. The molecule has 1 aliphatic rings. The molecule has 7 nitrogen and oxygen atoms in total. The average molecular weight is 487 g/mol. The van der Waals surface area contributed by atoms with Gasteiger partial charge in [-0.25, -0.2) is 0 Å². The van der Waals surface area contributed by atoms with E-state index >= 15 is 0 Å². The molecule has 7 heteroatoms. The minimum Gasteiger partial charge on any atom is -0.497 e. The lowest BCUT2D eigenvalue weighted by Crippen LogP contribution is -2.44. The Balaban J connectivity index is 1.70. The Labute approximate surface area is 210 Å². The van der Waals surface area contributed by atoms with E-state index in [0.29, 0.717) is 29.1 Å². The van der Waals surface area contributed by atoms with Gasteiger partial charge in [0.05, 0.1) is 19.3 Å². The van der Waals surface area contributed by atoms with Gasteiger partial charge >= 0.3 is 0 Å². The Morgan fingerprint density at radius 3 is 2.50 bits per heavy atom. The smallest absolute Gasteiger partial charge is 0.264 e. The molecule has 4 rings (SSSR count). The fraction of sp³-hybridized carbons (Fsp3) is 0.241. The number of para-hydroxylation sites is 1. The zero-order valence-electron chi connectivity index (χ0n) is 20.4. The van der Waals surface area contributed by atoms with Crippen LogP contribution in [-0.2, 0) is 21.7 Å². The van der Waals surface area contributed by atoms with Crippen LogP contribution in [0, 0.1) is 5.92 Å². The molecule has 0 saturated carbocycles. The lowest BCUT2D eigenvalue weighted by molar-refractivity contribution is -0.139. The number of fused-ring (bicyclic) bond motifs is 1. The topological polar surface area (TPSA) is 90.3 Å². The molecule has 0 aliphatic carbocycles. The maximum absolute atomic E-state index is 13.7. The van der Waals surface area contributed by atoms with Crippen LogP contribution < -0.4 is 14.5 Å². The van der Waals surface area contributed by atoms with Gasteiger partial charge in [-0.15, -0.1) is 0 Å². The molecule has 0 bridgehead atoms. The molecule has 2 N–H and O–H groups in total. The molecule has 3 aromatic carbocycles. The number of aliphatic hydroxyl groups excluding tert-OH is 1. The van der Waals surface area contributed by atoms with Gasteiger partial charge in [-0.2, -0.15) is 0 Å². The van der Waals surface area contributed by atoms with Crippen molar-refractivity contribution in [3.05, 3.63) is 96.1 Å². The minimum absolute atomic E-state index is 0.0107. The molecule has 0 spiro atoms. The van der Waals surface area contributed by atoms with E-state index in [2.05, 4.69) is 0 Å². The van der Waals surface area contributed by atoms with Crippen LogP contribution in [0.3, 0.4) is 0 Å². The van der Waals surface area contributed by atoms with Crippen molar-refractivity contribution in [3.63, 3.8) is 0 Å². The van der Waals surface area contributed by atoms with E-state index in [-0.39, 0.29) is 13.2 Å². The molecule has 1 aliphatic heterocycles.